The SMILES string of the molecule is CCOc1cccn2c(C(=O)Nc3ccc(C)cc3)c(C)nc12. The number of hydrogen-bond acceptors (Lipinski definition) is 3. The molecule has 0 unspecified atom stereocenters. The Morgan fingerprint density at radius 2 is 1.96 bits per heavy atom. The average molecular weight is 309 g/mol. The Labute approximate surface area is 134 Å². The van der Waals surface area contributed by atoms with Crippen molar-refractivity contribution in [1.82, 2.24) is 9.38 Å². The van der Waals surface area contributed by atoms with Gasteiger partial charge in [0.1, 0.15) is 5.69 Å². The molecule has 5 nitrogen and oxygen atoms in total. The summed E-state index contributed by atoms with van der Waals surface area (Å²) in [5.74, 6) is 0.486. The van der Waals surface area contributed by atoms with Gasteiger partial charge >= 0.3 is 0 Å². The van der Waals surface area contributed by atoms with E-state index in [1.165, 1.54) is 0 Å². The maximum atomic E-state index is 12.7. The van der Waals surface area contributed by atoms with E-state index in [9.17, 15) is 4.79 Å². The summed E-state index contributed by atoms with van der Waals surface area (Å²) in [5.41, 5.74) is 3.75. The zero-order chi connectivity index (χ0) is 16.4. The van der Waals surface area contributed by atoms with Crippen LogP contribution >= 0.6 is 0 Å². The summed E-state index contributed by atoms with van der Waals surface area (Å²) in [5, 5.41) is 2.92. The zero-order valence-corrected chi connectivity index (χ0v) is 13.5. The molecule has 2 aromatic heterocycles. The van der Waals surface area contributed by atoms with Gasteiger partial charge in [-0.3, -0.25) is 9.20 Å². The van der Waals surface area contributed by atoms with Gasteiger partial charge in [-0.1, -0.05) is 17.7 Å². The van der Waals surface area contributed by atoms with Crippen LogP contribution in [0.4, 0.5) is 5.69 Å². The number of imidazole rings is 1. The van der Waals surface area contributed by atoms with Crippen LogP contribution in [0, 0.1) is 13.8 Å². The number of nitrogens with zero attached hydrogens (tertiary/aromatic N) is 2. The number of carbonyl (C=O) groups excluding carboxylic acids is 1. The number of anilines is 1. The smallest absolute Gasteiger partial charge is 0.274 e. The number of aryl methyl sites for hydroxylation is 2. The Balaban J connectivity index is 1.98. The Morgan fingerprint density at radius 1 is 1.22 bits per heavy atom. The average Bonchev–Trinajstić information content (AvgIpc) is 2.87. The number of fused-ring (bicyclic) bond motifs is 1. The van der Waals surface area contributed by atoms with Crippen LogP contribution in [0.2, 0.25) is 0 Å². The van der Waals surface area contributed by atoms with Gasteiger partial charge in [0.05, 0.1) is 12.3 Å². The molecule has 0 aliphatic heterocycles. The number of carbonyl (C=O) groups is 1. The van der Waals surface area contributed by atoms with Crippen molar-refractivity contribution >= 4 is 17.2 Å². The van der Waals surface area contributed by atoms with Gasteiger partial charge in [-0.15, -0.1) is 0 Å². The summed E-state index contributed by atoms with van der Waals surface area (Å²) in [6.45, 7) is 6.31. The molecule has 0 radical (unpaired) electrons. The first kappa shape index (κ1) is 15.1. The van der Waals surface area contributed by atoms with Crippen molar-refractivity contribution in [3.63, 3.8) is 0 Å². The lowest BCUT2D eigenvalue weighted by Gasteiger charge is -2.08. The van der Waals surface area contributed by atoms with E-state index in [4.69, 9.17) is 4.74 Å². The number of amides is 1. The second-order valence-electron chi connectivity index (χ2n) is 5.37. The maximum Gasteiger partial charge on any atom is 0.274 e. The van der Waals surface area contributed by atoms with E-state index in [1.54, 1.807) is 4.40 Å². The quantitative estimate of drug-likeness (QED) is 0.801. The fourth-order valence-corrected chi connectivity index (χ4v) is 2.52. The Bertz CT molecular complexity index is 851. The summed E-state index contributed by atoms with van der Waals surface area (Å²) in [7, 11) is 0. The maximum absolute atomic E-state index is 12.7. The molecular formula is C18H19N3O2. The van der Waals surface area contributed by atoms with E-state index in [0.717, 1.165) is 11.3 Å². The second-order valence-corrected chi connectivity index (χ2v) is 5.37. The molecule has 0 saturated carbocycles. The van der Waals surface area contributed by atoms with E-state index in [-0.39, 0.29) is 5.91 Å². The standard InChI is InChI=1S/C18H19N3O2/c1-4-23-15-6-5-11-21-16(13(3)19-17(15)21)18(22)20-14-9-7-12(2)8-10-14/h5-11H,4H2,1-3H3,(H,20,22). The van der Waals surface area contributed by atoms with E-state index in [2.05, 4.69) is 10.3 Å². The van der Waals surface area contributed by atoms with Crippen LogP contribution in [0.25, 0.3) is 5.65 Å². The lowest BCUT2D eigenvalue weighted by molar-refractivity contribution is 0.102. The molecule has 0 aliphatic carbocycles. The molecule has 1 aromatic carbocycles. The Morgan fingerprint density at radius 3 is 2.65 bits per heavy atom. The molecule has 0 fully saturated rings. The predicted molar refractivity (Wildman–Crippen MR) is 90.2 cm³/mol. The van der Waals surface area contributed by atoms with Crippen LogP contribution < -0.4 is 10.1 Å². The zero-order valence-electron chi connectivity index (χ0n) is 13.5. The molecule has 3 rings (SSSR count). The Kier molecular flexibility index (Phi) is 4.02. The highest BCUT2D eigenvalue weighted by atomic mass is 16.5. The van der Waals surface area contributed by atoms with Crippen LogP contribution in [0.5, 0.6) is 5.75 Å². The van der Waals surface area contributed by atoms with Gasteiger partial charge in [0.2, 0.25) is 0 Å². The van der Waals surface area contributed by atoms with Crippen LogP contribution in [0.15, 0.2) is 42.6 Å². The summed E-state index contributed by atoms with van der Waals surface area (Å²) >= 11 is 0. The largest absolute Gasteiger partial charge is 0.490 e. The molecule has 0 bridgehead atoms. The molecule has 118 valence electrons. The molecule has 0 spiro atoms. The van der Waals surface area contributed by atoms with E-state index >= 15 is 0 Å². The monoisotopic (exact) mass is 309 g/mol. The van der Waals surface area contributed by atoms with Gasteiger partial charge < -0.3 is 10.1 Å². The van der Waals surface area contributed by atoms with Gasteiger partial charge in [-0.25, -0.2) is 4.98 Å². The van der Waals surface area contributed by atoms with Gasteiger partial charge in [-0.2, -0.15) is 0 Å². The third-order valence-corrected chi connectivity index (χ3v) is 3.61. The van der Waals surface area contributed by atoms with Crippen molar-refractivity contribution in [3.8, 4) is 5.75 Å². The summed E-state index contributed by atoms with van der Waals surface area (Å²) in [6, 6.07) is 11.4. The summed E-state index contributed by atoms with van der Waals surface area (Å²) in [6.07, 6.45) is 1.82. The van der Waals surface area contributed by atoms with E-state index in [1.807, 2.05) is 63.4 Å². The molecule has 2 heterocycles. The topological polar surface area (TPSA) is 55.6 Å². The van der Waals surface area contributed by atoms with Gasteiger partial charge in [-0.05, 0) is 45.0 Å². The van der Waals surface area contributed by atoms with Crippen LogP contribution in [0.3, 0.4) is 0 Å². The minimum Gasteiger partial charge on any atom is -0.490 e. The van der Waals surface area contributed by atoms with Crippen molar-refractivity contribution < 1.29 is 9.53 Å². The normalized spacial score (nSPS) is 10.7. The molecule has 0 aliphatic rings. The number of pyridine rings is 1. The minimum atomic E-state index is -0.187. The molecule has 0 saturated heterocycles. The number of benzene rings is 1. The highest BCUT2D eigenvalue weighted by molar-refractivity contribution is 6.04. The molecule has 1 N–H and O–H groups in total. The highest BCUT2D eigenvalue weighted by Crippen LogP contribution is 2.22. The third kappa shape index (κ3) is 2.90. The fourth-order valence-electron chi connectivity index (χ4n) is 2.52. The van der Waals surface area contributed by atoms with Gasteiger partial charge in [0, 0.05) is 11.9 Å². The summed E-state index contributed by atoms with van der Waals surface area (Å²) in [4.78, 5) is 17.1. The number of aromatic nitrogens is 2. The molecule has 5 heteroatoms. The predicted octanol–water partition coefficient (Wildman–Crippen LogP) is 3.60. The molecule has 0 atom stereocenters. The van der Waals surface area contributed by atoms with Gasteiger partial charge in [0.15, 0.2) is 11.4 Å². The van der Waals surface area contributed by atoms with Crippen molar-refractivity contribution in [3.05, 3.63) is 59.5 Å². The van der Waals surface area contributed by atoms with Crippen molar-refractivity contribution in [1.29, 1.82) is 0 Å². The van der Waals surface area contributed by atoms with Gasteiger partial charge in [0.25, 0.3) is 5.91 Å². The molecular weight excluding hydrogens is 290 g/mol. The third-order valence-electron chi connectivity index (χ3n) is 3.61. The highest BCUT2D eigenvalue weighted by Gasteiger charge is 2.18. The second kappa shape index (κ2) is 6.12. The summed E-state index contributed by atoms with van der Waals surface area (Å²) < 4.78 is 7.35. The number of rotatable bonds is 4. The van der Waals surface area contributed by atoms with Crippen molar-refractivity contribution in [2.75, 3.05) is 11.9 Å². The molecule has 23 heavy (non-hydrogen) atoms. The van der Waals surface area contributed by atoms with Crippen molar-refractivity contribution in [2.24, 2.45) is 0 Å². The minimum absolute atomic E-state index is 0.187. The first-order valence-corrected chi connectivity index (χ1v) is 7.58. The number of hydrogen-bond donors (Lipinski definition) is 1. The lowest BCUT2D eigenvalue weighted by Crippen LogP contribution is -2.15. The first-order chi connectivity index (χ1) is 11.1. The fraction of sp³-hybridized carbons (Fsp3) is 0.222. The molecule has 1 amide bonds. The number of nitrogens with one attached hydrogen (secondary N) is 1. The molecule has 3 aromatic rings. The first-order valence-electron chi connectivity index (χ1n) is 7.58. The van der Waals surface area contributed by atoms with Crippen LogP contribution in [-0.2, 0) is 0 Å². The Hall–Kier alpha value is -2.82. The van der Waals surface area contributed by atoms with E-state index < -0.39 is 0 Å². The van der Waals surface area contributed by atoms with Crippen LogP contribution in [-0.4, -0.2) is 21.9 Å². The van der Waals surface area contributed by atoms with Crippen molar-refractivity contribution in [2.45, 2.75) is 20.8 Å². The number of ether oxygens (including phenoxy) is 1. The van der Waals surface area contributed by atoms with E-state index in [0.29, 0.717) is 29.4 Å². The van der Waals surface area contributed by atoms with Crippen LogP contribution in [0.1, 0.15) is 28.7 Å². The lowest BCUT2D eigenvalue weighted by atomic mass is 10.2.